The molecule has 0 heterocycles. The van der Waals surface area contributed by atoms with Gasteiger partial charge in [-0.15, -0.1) is 0 Å². The average molecular weight is 326 g/mol. The van der Waals surface area contributed by atoms with Crippen molar-refractivity contribution in [3.63, 3.8) is 0 Å². The van der Waals surface area contributed by atoms with Crippen molar-refractivity contribution >= 4 is 14.0 Å². The fourth-order valence-electron chi connectivity index (χ4n) is 3.15. The summed E-state index contributed by atoms with van der Waals surface area (Å²) in [6.07, 6.45) is 9.42. The van der Waals surface area contributed by atoms with E-state index in [9.17, 15) is 0 Å². The van der Waals surface area contributed by atoms with Crippen LogP contribution in [0.25, 0.3) is 0 Å². The molecule has 1 aliphatic rings. The number of hydrogen-bond donors (Lipinski definition) is 1. The van der Waals surface area contributed by atoms with Crippen molar-refractivity contribution in [1.82, 2.24) is 0 Å². The predicted octanol–water partition coefficient (Wildman–Crippen LogP) is 2.99. The monoisotopic (exact) mass is 325 g/mol. The number of aliphatic hydroxyl groups is 1. The lowest BCUT2D eigenvalue weighted by Crippen LogP contribution is -2.59. The van der Waals surface area contributed by atoms with Crippen molar-refractivity contribution < 1.29 is 9.84 Å². The van der Waals surface area contributed by atoms with Crippen LogP contribution in [-0.2, 0) is 4.74 Å². The van der Waals surface area contributed by atoms with Gasteiger partial charge in [0.15, 0.2) is 0 Å². The molecule has 1 aliphatic carbocycles. The van der Waals surface area contributed by atoms with E-state index in [1.807, 2.05) is 0 Å². The van der Waals surface area contributed by atoms with Gasteiger partial charge in [-0.25, -0.2) is 0 Å². The Hall–Kier alpha value is -1.60. The normalized spacial score (nSPS) is 20.0. The third-order valence-electron chi connectivity index (χ3n) is 3.88. The van der Waals surface area contributed by atoms with Crippen LogP contribution in [0.3, 0.4) is 0 Å². The van der Waals surface area contributed by atoms with E-state index < -0.39 is 8.80 Å². The summed E-state index contributed by atoms with van der Waals surface area (Å²) >= 11 is 0. The summed E-state index contributed by atoms with van der Waals surface area (Å²) in [7, 11) is -1.08. The maximum atomic E-state index is 8.84. The first-order chi connectivity index (χ1) is 11.0. The molecule has 1 unspecified atom stereocenters. The SMILES string of the molecule is CC(C)(C)[Si+](c1ccccc1)C1(OCC#CCO)C=CC=CC1. The van der Waals surface area contributed by atoms with Gasteiger partial charge in [-0.1, -0.05) is 48.3 Å². The Bertz CT molecular complexity index is 617. The summed E-state index contributed by atoms with van der Waals surface area (Å²) in [6, 6.07) is 10.7. The Labute approximate surface area is 141 Å². The molecule has 3 heteroatoms. The van der Waals surface area contributed by atoms with E-state index in [-0.39, 0.29) is 16.9 Å². The van der Waals surface area contributed by atoms with E-state index in [0.717, 1.165) is 6.42 Å². The summed E-state index contributed by atoms with van der Waals surface area (Å²) in [5, 5.41) is 10.0. The minimum Gasteiger partial charge on any atom is -0.384 e. The highest BCUT2D eigenvalue weighted by atomic mass is 28.3. The lowest BCUT2D eigenvalue weighted by Gasteiger charge is -2.33. The molecule has 0 saturated heterocycles. The maximum Gasteiger partial charge on any atom is 0.399 e. The second kappa shape index (κ2) is 7.78. The maximum absolute atomic E-state index is 8.84. The first-order valence-electron chi connectivity index (χ1n) is 7.98. The van der Waals surface area contributed by atoms with Crippen molar-refractivity contribution in [2.45, 2.75) is 37.5 Å². The molecule has 1 atom stereocenters. The Balaban J connectivity index is 2.41. The zero-order chi connectivity index (χ0) is 16.8. The van der Waals surface area contributed by atoms with Crippen molar-refractivity contribution in [2.75, 3.05) is 13.2 Å². The molecule has 0 spiro atoms. The van der Waals surface area contributed by atoms with Crippen LogP contribution in [0.15, 0.2) is 54.6 Å². The third-order valence-corrected chi connectivity index (χ3v) is 7.65. The Morgan fingerprint density at radius 3 is 2.48 bits per heavy atom. The van der Waals surface area contributed by atoms with E-state index in [0.29, 0.717) is 6.61 Å². The Morgan fingerprint density at radius 1 is 1.17 bits per heavy atom. The molecule has 0 saturated carbocycles. The van der Waals surface area contributed by atoms with E-state index >= 15 is 0 Å². The molecule has 0 aromatic heterocycles. The second-order valence-corrected chi connectivity index (χ2v) is 10.3. The quantitative estimate of drug-likeness (QED) is 0.681. The van der Waals surface area contributed by atoms with Crippen molar-refractivity contribution in [3.05, 3.63) is 54.6 Å². The highest BCUT2D eigenvalue weighted by Crippen LogP contribution is 2.39. The Morgan fingerprint density at radius 2 is 1.91 bits per heavy atom. The van der Waals surface area contributed by atoms with Gasteiger partial charge in [0.05, 0.1) is 5.04 Å². The van der Waals surface area contributed by atoms with Crippen LogP contribution in [0.5, 0.6) is 0 Å². The topological polar surface area (TPSA) is 29.5 Å². The molecular formula is C20H25O2Si+. The van der Waals surface area contributed by atoms with Gasteiger partial charge in [0.2, 0.25) is 5.22 Å². The summed E-state index contributed by atoms with van der Waals surface area (Å²) in [4.78, 5) is 0. The summed E-state index contributed by atoms with van der Waals surface area (Å²) in [5.41, 5.74) is 0. The number of aliphatic hydroxyl groups excluding tert-OH is 1. The summed E-state index contributed by atoms with van der Waals surface area (Å²) < 4.78 is 6.34. The minimum absolute atomic E-state index is 0.123. The van der Waals surface area contributed by atoms with Gasteiger partial charge in [0, 0.05) is 6.42 Å². The van der Waals surface area contributed by atoms with Gasteiger partial charge in [-0.05, 0) is 39.0 Å². The van der Waals surface area contributed by atoms with E-state index in [1.165, 1.54) is 5.19 Å². The van der Waals surface area contributed by atoms with Gasteiger partial charge in [0.25, 0.3) is 0 Å². The molecule has 1 N–H and O–H groups in total. The predicted molar refractivity (Wildman–Crippen MR) is 98.0 cm³/mol. The summed E-state index contributed by atoms with van der Waals surface area (Å²) in [6.45, 7) is 7.11. The fourth-order valence-corrected chi connectivity index (χ4v) is 7.11. The highest BCUT2D eigenvalue weighted by Gasteiger charge is 2.60. The average Bonchev–Trinajstić information content (AvgIpc) is 2.52. The molecule has 0 aliphatic heterocycles. The van der Waals surface area contributed by atoms with Crippen LogP contribution in [0.1, 0.15) is 27.2 Å². The zero-order valence-corrected chi connectivity index (χ0v) is 15.2. The smallest absolute Gasteiger partial charge is 0.384 e. The Kier molecular flexibility index (Phi) is 6.01. The first kappa shape index (κ1) is 17.7. The second-order valence-electron chi connectivity index (χ2n) is 6.67. The number of ether oxygens (including phenoxy) is 1. The molecule has 0 fully saturated rings. The van der Waals surface area contributed by atoms with Gasteiger partial charge in [-0.3, -0.25) is 0 Å². The van der Waals surface area contributed by atoms with E-state index in [2.05, 4.69) is 87.2 Å². The van der Waals surface area contributed by atoms with Crippen LogP contribution < -0.4 is 5.19 Å². The molecule has 1 aromatic carbocycles. The zero-order valence-electron chi connectivity index (χ0n) is 14.2. The molecule has 2 nitrogen and oxygen atoms in total. The van der Waals surface area contributed by atoms with Crippen LogP contribution in [0.2, 0.25) is 5.04 Å². The number of rotatable bonds is 4. The molecular weight excluding hydrogens is 300 g/mol. The van der Waals surface area contributed by atoms with Crippen molar-refractivity contribution in [3.8, 4) is 11.8 Å². The van der Waals surface area contributed by atoms with Crippen LogP contribution in [0, 0.1) is 11.8 Å². The molecule has 2 rings (SSSR count). The summed E-state index contributed by atoms with van der Waals surface area (Å²) in [5.74, 6) is 5.57. The van der Waals surface area contributed by atoms with Gasteiger partial charge < -0.3 is 9.84 Å². The van der Waals surface area contributed by atoms with Crippen LogP contribution in [-0.4, -0.2) is 32.3 Å². The van der Waals surface area contributed by atoms with E-state index in [1.54, 1.807) is 0 Å². The molecule has 23 heavy (non-hydrogen) atoms. The van der Waals surface area contributed by atoms with Crippen molar-refractivity contribution in [1.29, 1.82) is 0 Å². The first-order valence-corrected chi connectivity index (χ1v) is 9.48. The number of benzene rings is 1. The molecule has 0 amide bonds. The van der Waals surface area contributed by atoms with Crippen molar-refractivity contribution in [2.24, 2.45) is 0 Å². The van der Waals surface area contributed by atoms with Gasteiger partial charge in [0.1, 0.15) is 18.4 Å². The molecule has 1 aromatic rings. The lowest BCUT2D eigenvalue weighted by atomic mass is 10.1. The van der Waals surface area contributed by atoms with Crippen LogP contribution in [0.4, 0.5) is 0 Å². The van der Waals surface area contributed by atoms with E-state index in [4.69, 9.17) is 9.84 Å². The molecule has 0 bridgehead atoms. The van der Waals surface area contributed by atoms with Crippen LogP contribution >= 0.6 is 0 Å². The third kappa shape index (κ3) is 4.45. The standard InChI is InChI=1S/C20H25O2Si/c1-19(2,3)23(18-12-6-4-7-13-18)20(14-8-5-9-15-20)22-17-11-10-16-21/h4-9,12-14,21H,15-17H2,1-3H3/q+1. The fraction of sp³-hybridized carbons (Fsp3) is 0.400. The van der Waals surface area contributed by atoms with Gasteiger partial charge >= 0.3 is 8.80 Å². The number of hydrogen-bond acceptors (Lipinski definition) is 2. The highest BCUT2D eigenvalue weighted by molar-refractivity contribution is 6.79. The molecule has 120 valence electrons. The largest absolute Gasteiger partial charge is 0.399 e. The molecule has 0 radical (unpaired) electrons. The lowest BCUT2D eigenvalue weighted by molar-refractivity contribution is 0.0718. The minimum atomic E-state index is -1.08. The number of allylic oxidation sites excluding steroid dienone is 2. The van der Waals surface area contributed by atoms with Gasteiger partial charge in [-0.2, -0.15) is 0 Å².